The van der Waals surface area contributed by atoms with Crippen LogP contribution >= 0.6 is 0 Å². The van der Waals surface area contributed by atoms with Gasteiger partial charge in [0, 0.05) is 18.0 Å². The monoisotopic (exact) mass is 314 g/mol. The molecule has 0 radical (unpaired) electrons. The third kappa shape index (κ3) is 2.54. The van der Waals surface area contributed by atoms with Crippen molar-refractivity contribution in [2.75, 3.05) is 0 Å². The number of imidazole rings is 1. The van der Waals surface area contributed by atoms with Gasteiger partial charge in [0.2, 0.25) is 0 Å². The maximum absolute atomic E-state index is 11.1. The van der Waals surface area contributed by atoms with Gasteiger partial charge in [-0.2, -0.15) is 0 Å². The molecular formula is C20H14N2O2. The Kier molecular flexibility index (Phi) is 3.35. The molecule has 0 amide bonds. The van der Waals surface area contributed by atoms with E-state index < -0.39 is 5.97 Å². The number of carboxylic acids is 1. The van der Waals surface area contributed by atoms with Crippen molar-refractivity contribution in [1.82, 2.24) is 9.38 Å². The van der Waals surface area contributed by atoms with Gasteiger partial charge in [-0.3, -0.25) is 0 Å². The Morgan fingerprint density at radius 1 is 0.792 bits per heavy atom. The zero-order valence-corrected chi connectivity index (χ0v) is 12.8. The topological polar surface area (TPSA) is 54.6 Å². The second kappa shape index (κ2) is 5.66. The summed E-state index contributed by atoms with van der Waals surface area (Å²) in [7, 11) is 0. The third-order valence-corrected chi connectivity index (χ3v) is 3.99. The number of pyridine rings is 1. The minimum Gasteiger partial charge on any atom is -0.478 e. The molecule has 0 saturated carbocycles. The Labute approximate surface area is 138 Å². The summed E-state index contributed by atoms with van der Waals surface area (Å²) < 4.78 is 1.74. The van der Waals surface area contributed by atoms with E-state index in [9.17, 15) is 4.79 Å². The maximum Gasteiger partial charge on any atom is 0.337 e. The van der Waals surface area contributed by atoms with E-state index in [0.717, 1.165) is 22.5 Å². The van der Waals surface area contributed by atoms with Gasteiger partial charge < -0.3 is 9.51 Å². The predicted octanol–water partition coefficient (Wildman–Crippen LogP) is 4.37. The molecule has 4 heteroatoms. The summed E-state index contributed by atoms with van der Waals surface area (Å²) in [5.74, 6) is -0.945. The average Bonchev–Trinajstić information content (AvgIpc) is 3.06. The van der Waals surface area contributed by atoms with Gasteiger partial charge in [-0.25, -0.2) is 9.78 Å². The second-order valence-electron chi connectivity index (χ2n) is 5.56. The van der Waals surface area contributed by atoms with Crippen LogP contribution in [0.15, 0.2) is 79.1 Å². The van der Waals surface area contributed by atoms with Gasteiger partial charge >= 0.3 is 5.97 Å². The molecule has 2 heterocycles. The molecule has 0 aliphatic heterocycles. The number of aromatic carboxylic acids is 1. The summed E-state index contributed by atoms with van der Waals surface area (Å²) in [6.07, 6.45) is 3.42. The quantitative estimate of drug-likeness (QED) is 0.611. The molecule has 24 heavy (non-hydrogen) atoms. The first-order valence-corrected chi connectivity index (χ1v) is 7.59. The standard InChI is InChI=1S/C20H14N2O2/c23-20(24)17-10-11-19-21-18(13-22(19)12-17)16-8-6-15(7-9-16)14-4-2-1-3-5-14/h1-13H,(H,23,24). The third-order valence-electron chi connectivity index (χ3n) is 3.99. The Hall–Kier alpha value is -3.40. The van der Waals surface area contributed by atoms with E-state index in [-0.39, 0.29) is 5.56 Å². The molecule has 4 nitrogen and oxygen atoms in total. The van der Waals surface area contributed by atoms with E-state index in [1.54, 1.807) is 22.7 Å². The summed E-state index contributed by atoms with van der Waals surface area (Å²) in [5.41, 5.74) is 5.10. The Morgan fingerprint density at radius 3 is 2.17 bits per heavy atom. The highest BCUT2D eigenvalue weighted by Gasteiger charge is 2.08. The summed E-state index contributed by atoms with van der Waals surface area (Å²) >= 11 is 0. The number of rotatable bonds is 3. The molecule has 0 bridgehead atoms. The molecule has 0 aliphatic rings. The van der Waals surface area contributed by atoms with E-state index in [4.69, 9.17) is 5.11 Å². The van der Waals surface area contributed by atoms with E-state index in [0.29, 0.717) is 0 Å². The fourth-order valence-electron chi connectivity index (χ4n) is 2.72. The van der Waals surface area contributed by atoms with Gasteiger partial charge in [-0.15, -0.1) is 0 Å². The molecule has 4 aromatic rings. The lowest BCUT2D eigenvalue weighted by Crippen LogP contribution is -1.97. The van der Waals surface area contributed by atoms with E-state index in [2.05, 4.69) is 29.2 Å². The molecule has 0 fully saturated rings. The van der Waals surface area contributed by atoms with Crippen LogP contribution < -0.4 is 0 Å². The normalized spacial score (nSPS) is 10.8. The largest absolute Gasteiger partial charge is 0.478 e. The number of fused-ring (bicyclic) bond motifs is 1. The first kappa shape index (κ1) is 14.2. The number of hydrogen-bond acceptors (Lipinski definition) is 2. The number of benzene rings is 2. The molecule has 0 saturated heterocycles. The molecule has 2 aromatic carbocycles. The maximum atomic E-state index is 11.1. The van der Waals surface area contributed by atoms with E-state index in [1.807, 2.05) is 36.5 Å². The number of carboxylic acid groups (broad SMARTS) is 1. The van der Waals surface area contributed by atoms with Gasteiger partial charge in [0.15, 0.2) is 0 Å². The van der Waals surface area contributed by atoms with Crippen molar-refractivity contribution in [1.29, 1.82) is 0 Å². The molecule has 1 N–H and O–H groups in total. The SMILES string of the molecule is O=C(O)c1ccc2nc(-c3ccc(-c4ccccc4)cc3)cn2c1. The van der Waals surface area contributed by atoms with Gasteiger partial charge in [0.1, 0.15) is 5.65 Å². The number of hydrogen-bond donors (Lipinski definition) is 1. The van der Waals surface area contributed by atoms with Crippen LogP contribution in [0.5, 0.6) is 0 Å². The van der Waals surface area contributed by atoms with Crippen molar-refractivity contribution in [2.24, 2.45) is 0 Å². The van der Waals surface area contributed by atoms with Crippen molar-refractivity contribution in [3.8, 4) is 22.4 Å². The number of aromatic nitrogens is 2. The zero-order chi connectivity index (χ0) is 16.5. The summed E-state index contributed by atoms with van der Waals surface area (Å²) in [6.45, 7) is 0. The smallest absolute Gasteiger partial charge is 0.337 e. The van der Waals surface area contributed by atoms with E-state index in [1.165, 1.54) is 5.56 Å². The highest BCUT2D eigenvalue weighted by atomic mass is 16.4. The molecule has 116 valence electrons. The molecule has 4 rings (SSSR count). The lowest BCUT2D eigenvalue weighted by atomic mass is 10.0. The molecule has 0 spiro atoms. The van der Waals surface area contributed by atoms with Crippen molar-refractivity contribution in [3.63, 3.8) is 0 Å². The minimum atomic E-state index is -0.945. The Bertz CT molecular complexity index is 1020. The van der Waals surface area contributed by atoms with Crippen LogP contribution in [-0.4, -0.2) is 20.5 Å². The van der Waals surface area contributed by atoms with Gasteiger partial charge in [0.25, 0.3) is 0 Å². The van der Waals surface area contributed by atoms with Crippen LogP contribution in [0, 0.1) is 0 Å². The minimum absolute atomic E-state index is 0.242. The zero-order valence-electron chi connectivity index (χ0n) is 12.8. The summed E-state index contributed by atoms with van der Waals surface area (Å²) in [4.78, 5) is 15.6. The molecule has 0 atom stereocenters. The van der Waals surface area contributed by atoms with Crippen LogP contribution in [0.1, 0.15) is 10.4 Å². The Balaban J connectivity index is 1.71. The molecule has 0 unspecified atom stereocenters. The lowest BCUT2D eigenvalue weighted by Gasteiger charge is -2.02. The van der Waals surface area contributed by atoms with Gasteiger partial charge in [-0.1, -0.05) is 54.6 Å². The molecule has 2 aromatic heterocycles. The van der Waals surface area contributed by atoms with Gasteiger partial charge in [0.05, 0.1) is 11.3 Å². The highest BCUT2D eigenvalue weighted by molar-refractivity contribution is 5.87. The number of nitrogens with zero attached hydrogens (tertiary/aromatic N) is 2. The highest BCUT2D eigenvalue weighted by Crippen LogP contribution is 2.24. The lowest BCUT2D eigenvalue weighted by molar-refractivity contribution is 0.0696. The van der Waals surface area contributed by atoms with Crippen molar-refractivity contribution >= 4 is 11.6 Å². The second-order valence-corrected chi connectivity index (χ2v) is 5.56. The van der Waals surface area contributed by atoms with Gasteiger partial charge in [-0.05, 0) is 23.3 Å². The first-order chi connectivity index (χ1) is 11.7. The van der Waals surface area contributed by atoms with Crippen molar-refractivity contribution in [3.05, 3.63) is 84.7 Å². The summed E-state index contributed by atoms with van der Waals surface area (Å²) in [6, 6.07) is 21.7. The van der Waals surface area contributed by atoms with Crippen molar-refractivity contribution in [2.45, 2.75) is 0 Å². The molecular weight excluding hydrogens is 300 g/mol. The van der Waals surface area contributed by atoms with Crippen LogP contribution in [0.3, 0.4) is 0 Å². The Morgan fingerprint density at radius 2 is 1.46 bits per heavy atom. The number of carbonyl (C=O) groups is 1. The van der Waals surface area contributed by atoms with Crippen molar-refractivity contribution < 1.29 is 9.90 Å². The first-order valence-electron chi connectivity index (χ1n) is 7.59. The predicted molar refractivity (Wildman–Crippen MR) is 93.0 cm³/mol. The summed E-state index contributed by atoms with van der Waals surface area (Å²) in [5, 5.41) is 9.07. The van der Waals surface area contributed by atoms with Crippen LogP contribution in [0.25, 0.3) is 28.0 Å². The van der Waals surface area contributed by atoms with Crippen LogP contribution in [0.4, 0.5) is 0 Å². The van der Waals surface area contributed by atoms with E-state index >= 15 is 0 Å². The van der Waals surface area contributed by atoms with Crippen LogP contribution in [-0.2, 0) is 0 Å². The fraction of sp³-hybridized carbons (Fsp3) is 0. The fourth-order valence-corrected chi connectivity index (χ4v) is 2.72. The molecule has 0 aliphatic carbocycles. The van der Waals surface area contributed by atoms with Crippen LogP contribution in [0.2, 0.25) is 0 Å². The average molecular weight is 314 g/mol.